The fraction of sp³-hybridized carbons (Fsp3) is 0.583. The SMILES string of the molecule is c1nc(N2CC[C@]3(CCOC3)C2)c2[nH]cnc2n1. The van der Waals surface area contributed by atoms with Gasteiger partial charge in [-0.2, -0.15) is 0 Å². The van der Waals surface area contributed by atoms with Gasteiger partial charge >= 0.3 is 0 Å². The molecule has 4 heterocycles. The van der Waals surface area contributed by atoms with Crippen LogP contribution in [0.5, 0.6) is 0 Å². The molecule has 1 N–H and O–H groups in total. The number of aromatic amines is 1. The van der Waals surface area contributed by atoms with Crippen molar-refractivity contribution in [2.75, 3.05) is 31.2 Å². The molecule has 2 aliphatic rings. The standard InChI is InChI=1S/C12H15N5O/c1-3-17(5-12(1)2-4-18-6-12)11-9-10(14-7-13-9)15-8-16-11/h7-8H,1-6H2,(H,13,14,15,16)/t12-/m0/s1. The van der Waals surface area contributed by atoms with Crippen LogP contribution in [0.3, 0.4) is 0 Å². The van der Waals surface area contributed by atoms with Crippen molar-refractivity contribution in [1.82, 2.24) is 19.9 Å². The van der Waals surface area contributed by atoms with Crippen LogP contribution in [0.25, 0.3) is 11.2 Å². The van der Waals surface area contributed by atoms with Crippen LogP contribution in [0, 0.1) is 5.41 Å². The monoisotopic (exact) mass is 245 g/mol. The van der Waals surface area contributed by atoms with Gasteiger partial charge in [0.05, 0.1) is 12.9 Å². The summed E-state index contributed by atoms with van der Waals surface area (Å²) >= 11 is 0. The molecule has 1 spiro atoms. The molecule has 2 fully saturated rings. The van der Waals surface area contributed by atoms with E-state index in [-0.39, 0.29) is 0 Å². The van der Waals surface area contributed by atoms with Crippen LogP contribution in [0.4, 0.5) is 5.82 Å². The molecule has 0 aromatic carbocycles. The summed E-state index contributed by atoms with van der Waals surface area (Å²) < 4.78 is 5.56. The molecule has 1 atom stereocenters. The van der Waals surface area contributed by atoms with Gasteiger partial charge in [0.1, 0.15) is 11.8 Å². The van der Waals surface area contributed by atoms with E-state index in [2.05, 4.69) is 24.8 Å². The van der Waals surface area contributed by atoms with Crippen LogP contribution in [-0.4, -0.2) is 46.2 Å². The van der Waals surface area contributed by atoms with Crippen molar-refractivity contribution in [2.45, 2.75) is 12.8 Å². The zero-order valence-electron chi connectivity index (χ0n) is 10.1. The lowest BCUT2D eigenvalue weighted by Gasteiger charge is -2.22. The Morgan fingerprint density at radius 1 is 1.28 bits per heavy atom. The first kappa shape index (κ1) is 10.3. The van der Waals surface area contributed by atoms with Gasteiger partial charge in [0, 0.05) is 25.1 Å². The summed E-state index contributed by atoms with van der Waals surface area (Å²) in [4.78, 5) is 18.2. The zero-order chi connectivity index (χ0) is 12.0. The molecule has 0 aliphatic carbocycles. The van der Waals surface area contributed by atoms with Gasteiger partial charge < -0.3 is 14.6 Å². The van der Waals surface area contributed by atoms with Gasteiger partial charge in [-0.1, -0.05) is 0 Å². The summed E-state index contributed by atoms with van der Waals surface area (Å²) in [5.74, 6) is 0.973. The number of hydrogen-bond acceptors (Lipinski definition) is 5. The van der Waals surface area contributed by atoms with Crippen LogP contribution < -0.4 is 4.90 Å². The molecule has 0 saturated carbocycles. The van der Waals surface area contributed by atoms with E-state index in [1.165, 1.54) is 12.8 Å². The Morgan fingerprint density at radius 3 is 3.17 bits per heavy atom. The zero-order valence-corrected chi connectivity index (χ0v) is 10.1. The number of nitrogens with zero attached hydrogens (tertiary/aromatic N) is 4. The predicted molar refractivity (Wildman–Crippen MR) is 66.4 cm³/mol. The quantitative estimate of drug-likeness (QED) is 0.811. The van der Waals surface area contributed by atoms with E-state index in [1.807, 2.05) is 0 Å². The van der Waals surface area contributed by atoms with Gasteiger partial charge in [0.2, 0.25) is 0 Å². The summed E-state index contributed by atoms with van der Waals surface area (Å²) in [6, 6.07) is 0. The Kier molecular flexibility index (Phi) is 2.08. The number of rotatable bonds is 1. The molecular formula is C12H15N5O. The van der Waals surface area contributed by atoms with Gasteiger partial charge in [0.15, 0.2) is 11.5 Å². The third kappa shape index (κ3) is 1.42. The summed E-state index contributed by atoms with van der Waals surface area (Å²) in [5, 5.41) is 0. The van der Waals surface area contributed by atoms with Crippen LogP contribution >= 0.6 is 0 Å². The fourth-order valence-electron chi connectivity index (χ4n) is 3.08. The fourth-order valence-corrected chi connectivity index (χ4v) is 3.08. The minimum atomic E-state index is 0.345. The molecule has 0 radical (unpaired) electrons. The first-order valence-electron chi connectivity index (χ1n) is 6.33. The summed E-state index contributed by atoms with van der Waals surface area (Å²) in [6.45, 7) is 3.85. The van der Waals surface area contributed by atoms with Crippen LogP contribution in [0.2, 0.25) is 0 Å². The summed E-state index contributed by atoms with van der Waals surface area (Å²) in [6.07, 6.45) is 5.62. The van der Waals surface area contributed by atoms with E-state index in [9.17, 15) is 0 Å². The highest BCUT2D eigenvalue weighted by Gasteiger charge is 2.42. The Hall–Kier alpha value is -1.69. The van der Waals surface area contributed by atoms with Gasteiger partial charge in [-0.05, 0) is 12.8 Å². The minimum Gasteiger partial charge on any atom is -0.381 e. The maximum absolute atomic E-state index is 5.56. The molecular weight excluding hydrogens is 230 g/mol. The maximum atomic E-state index is 5.56. The average Bonchev–Trinajstić information content (AvgIpc) is 3.11. The van der Waals surface area contributed by atoms with Crippen molar-refractivity contribution in [2.24, 2.45) is 5.41 Å². The van der Waals surface area contributed by atoms with Gasteiger partial charge in [-0.15, -0.1) is 0 Å². The molecule has 2 aromatic rings. The third-order valence-corrected chi connectivity index (χ3v) is 4.13. The number of fused-ring (bicyclic) bond motifs is 1. The Bertz CT molecular complexity index is 575. The molecule has 0 unspecified atom stereocenters. The molecule has 0 bridgehead atoms. The van der Waals surface area contributed by atoms with Gasteiger partial charge in [-0.25, -0.2) is 15.0 Å². The lowest BCUT2D eigenvalue weighted by atomic mass is 9.87. The van der Waals surface area contributed by atoms with E-state index in [1.54, 1.807) is 12.7 Å². The third-order valence-electron chi connectivity index (χ3n) is 4.13. The second kappa shape index (κ2) is 3.65. The second-order valence-corrected chi connectivity index (χ2v) is 5.27. The molecule has 0 amide bonds. The normalized spacial score (nSPS) is 27.7. The van der Waals surface area contributed by atoms with E-state index in [0.717, 1.165) is 43.3 Å². The number of nitrogens with one attached hydrogen (secondary N) is 1. The lowest BCUT2D eigenvalue weighted by molar-refractivity contribution is 0.160. The van der Waals surface area contributed by atoms with Crippen LogP contribution in [-0.2, 0) is 4.74 Å². The highest BCUT2D eigenvalue weighted by Crippen LogP contribution is 2.40. The number of anilines is 1. The van der Waals surface area contributed by atoms with Crippen molar-refractivity contribution in [1.29, 1.82) is 0 Å². The van der Waals surface area contributed by atoms with Crippen molar-refractivity contribution in [3.05, 3.63) is 12.7 Å². The van der Waals surface area contributed by atoms with E-state index in [4.69, 9.17) is 4.74 Å². The van der Waals surface area contributed by atoms with Crippen molar-refractivity contribution in [3.63, 3.8) is 0 Å². The maximum Gasteiger partial charge on any atom is 0.182 e. The number of aromatic nitrogens is 4. The molecule has 18 heavy (non-hydrogen) atoms. The van der Waals surface area contributed by atoms with Gasteiger partial charge in [-0.3, -0.25) is 0 Å². The predicted octanol–water partition coefficient (Wildman–Crippen LogP) is 0.970. The molecule has 2 saturated heterocycles. The Labute approximate surface area is 104 Å². The second-order valence-electron chi connectivity index (χ2n) is 5.27. The van der Waals surface area contributed by atoms with Crippen molar-refractivity contribution in [3.8, 4) is 0 Å². The highest BCUT2D eigenvalue weighted by molar-refractivity contribution is 5.82. The van der Waals surface area contributed by atoms with Crippen molar-refractivity contribution < 1.29 is 4.74 Å². The topological polar surface area (TPSA) is 66.9 Å². The molecule has 6 heteroatoms. The van der Waals surface area contributed by atoms with E-state index < -0.39 is 0 Å². The lowest BCUT2D eigenvalue weighted by Crippen LogP contribution is -2.28. The number of hydrogen-bond donors (Lipinski definition) is 1. The number of H-pyrrole nitrogens is 1. The smallest absolute Gasteiger partial charge is 0.182 e. The average molecular weight is 245 g/mol. The van der Waals surface area contributed by atoms with Crippen LogP contribution in [0.15, 0.2) is 12.7 Å². The first-order chi connectivity index (χ1) is 8.86. The van der Waals surface area contributed by atoms with Crippen molar-refractivity contribution >= 4 is 17.0 Å². The Balaban J connectivity index is 1.70. The summed E-state index contributed by atoms with van der Waals surface area (Å²) in [7, 11) is 0. The summed E-state index contributed by atoms with van der Waals surface area (Å²) in [5.41, 5.74) is 2.02. The number of ether oxygens (including phenoxy) is 1. The molecule has 6 nitrogen and oxygen atoms in total. The van der Waals surface area contributed by atoms with E-state index in [0.29, 0.717) is 5.41 Å². The molecule has 94 valence electrons. The first-order valence-corrected chi connectivity index (χ1v) is 6.33. The largest absolute Gasteiger partial charge is 0.381 e. The molecule has 2 aliphatic heterocycles. The molecule has 4 rings (SSSR count). The minimum absolute atomic E-state index is 0.345. The van der Waals surface area contributed by atoms with E-state index >= 15 is 0 Å². The van der Waals surface area contributed by atoms with Crippen LogP contribution in [0.1, 0.15) is 12.8 Å². The Morgan fingerprint density at radius 2 is 2.28 bits per heavy atom. The number of imidazole rings is 1. The highest BCUT2D eigenvalue weighted by atomic mass is 16.5. The molecule has 2 aromatic heterocycles. The van der Waals surface area contributed by atoms with Gasteiger partial charge in [0.25, 0.3) is 0 Å².